The molecule has 0 aliphatic carbocycles. The normalized spacial score (nSPS) is 11.0. The first-order valence-corrected chi connectivity index (χ1v) is 20.3. The van der Waals surface area contributed by atoms with Crippen LogP contribution in [-0.2, 0) is 0 Å². The molecule has 0 unspecified atom stereocenters. The van der Waals surface area contributed by atoms with Crippen molar-refractivity contribution >= 4 is 58.2 Å². The van der Waals surface area contributed by atoms with Crippen molar-refractivity contribution in [1.29, 1.82) is 0 Å². The number of hydrogen-bond acceptors (Lipinski definition) is 5. The fourth-order valence-electron chi connectivity index (χ4n) is 7.10. The quantitative estimate of drug-likeness (QED) is 0.123. The van der Waals surface area contributed by atoms with Crippen LogP contribution in [0.2, 0.25) is 0 Å². The van der Waals surface area contributed by atoms with Crippen LogP contribution in [0.5, 0.6) is 0 Å². The van der Waals surface area contributed by atoms with Crippen LogP contribution < -0.4 is 25.7 Å². The zero-order chi connectivity index (χ0) is 38.2. The zero-order valence-corrected chi connectivity index (χ0v) is 32.0. The van der Waals surface area contributed by atoms with Crippen molar-refractivity contribution in [1.82, 2.24) is 15.0 Å². The molecule has 0 amide bonds. The maximum Gasteiger partial charge on any atom is 0.140 e. The molecular weight excluding hydrogens is 714 g/mol. The van der Waals surface area contributed by atoms with Crippen molar-refractivity contribution in [2.24, 2.45) is 0 Å². The smallest absolute Gasteiger partial charge is 0.140 e. The van der Waals surface area contributed by atoms with E-state index >= 15 is 0 Å². The van der Waals surface area contributed by atoms with Gasteiger partial charge >= 0.3 is 0 Å². The molecule has 0 spiro atoms. The van der Waals surface area contributed by atoms with Gasteiger partial charge in [-0.15, -0.1) is 0 Å². The molecule has 0 saturated carbocycles. The predicted molar refractivity (Wildman–Crippen MR) is 239 cm³/mol. The first-order chi connectivity index (χ1) is 28.3. The summed E-state index contributed by atoms with van der Waals surface area (Å²) in [6.45, 7) is 0. The molecule has 0 fully saturated rings. The molecule has 5 nitrogen and oxygen atoms in total. The largest absolute Gasteiger partial charge is 0.295 e. The van der Waals surface area contributed by atoms with Crippen LogP contribution in [0.4, 0.5) is 34.4 Å². The monoisotopic (exact) mass is 751 g/mol. The van der Waals surface area contributed by atoms with Gasteiger partial charge in [-0.3, -0.25) is 19.8 Å². The minimum Gasteiger partial charge on any atom is -0.295 e. The molecule has 0 bridgehead atoms. The molecular formula is C51H38N5P. The van der Waals surface area contributed by atoms with E-state index in [1.807, 2.05) is 48.8 Å². The van der Waals surface area contributed by atoms with E-state index in [2.05, 4.69) is 192 Å². The Bertz CT molecular complexity index is 2500. The van der Waals surface area contributed by atoms with Crippen LogP contribution in [0, 0.1) is 0 Å². The zero-order valence-electron chi connectivity index (χ0n) is 31.1. The standard InChI is InChI=1S/C51H38N5P/c1-5-21-41(22-6-1)55(43-25-17-19-39(35-43)48-31-13-15-33-52-48)50-37-47(57(45-27-9-3-10-28-45)46-29-11-4-12-30-46)38-51(54-50)56(42-23-7-2-8-24-42)44-26-18-20-40(36-44)49-32-14-16-34-53-49/h1-38H. The second-order valence-corrected chi connectivity index (χ2v) is 15.6. The van der Waals surface area contributed by atoms with E-state index in [9.17, 15) is 0 Å². The van der Waals surface area contributed by atoms with Gasteiger partial charge in [-0.05, 0) is 109 Å². The average Bonchev–Trinajstić information content (AvgIpc) is 3.29. The number of para-hydroxylation sites is 2. The third-order valence-electron chi connectivity index (χ3n) is 9.69. The van der Waals surface area contributed by atoms with E-state index < -0.39 is 7.92 Å². The third-order valence-corrected chi connectivity index (χ3v) is 12.1. The van der Waals surface area contributed by atoms with Gasteiger partial charge in [-0.25, -0.2) is 4.98 Å². The van der Waals surface area contributed by atoms with Crippen LogP contribution >= 0.6 is 7.92 Å². The predicted octanol–water partition coefficient (Wildman–Crippen LogP) is 11.9. The van der Waals surface area contributed by atoms with Gasteiger partial charge < -0.3 is 0 Å². The molecule has 9 rings (SSSR count). The maximum absolute atomic E-state index is 5.65. The van der Waals surface area contributed by atoms with Gasteiger partial charge in [0.2, 0.25) is 0 Å². The fourth-order valence-corrected chi connectivity index (χ4v) is 9.43. The van der Waals surface area contributed by atoms with E-state index in [4.69, 9.17) is 15.0 Å². The fraction of sp³-hybridized carbons (Fsp3) is 0. The second kappa shape index (κ2) is 16.7. The summed E-state index contributed by atoms with van der Waals surface area (Å²) in [5.41, 5.74) is 7.83. The summed E-state index contributed by atoms with van der Waals surface area (Å²) in [4.78, 5) is 19.5. The molecule has 3 heterocycles. The third kappa shape index (κ3) is 7.83. The molecule has 0 aliphatic rings. The van der Waals surface area contributed by atoms with Gasteiger partial charge in [-0.2, -0.15) is 0 Å². The molecule has 3 aromatic heterocycles. The molecule has 57 heavy (non-hydrogen) atoms. The van der Waals surface area contributed by atoms with Gasteiger partial charge in [0.15, 0.2) is 0 Å². The van der Waals surface area contributed by atoms with E-state index in [0.717, 1.165) is 56.9 Å². The van der Waals surface area contributed by atoms with Gasteiger partial charge in [0.25, 0.3) is 0 Å². The minimum atomic E-state index is -1.00. The Hall–Kier alpha value is -7.20. The lowest BCUT2D eigenvalue weighted by atomic mass is 10.1. The van der Waals surface area contributed by atoms with Crippen LogP contribution in [0.3, 0.4) is 0 Å². The van der Waals surface area contributed by atoms with Gasteiger partial charge in [-0.1, -0.05) is 133 Å². The second-order valence-electron chi connectivity index (χ2n) is 13.4. The SMILES string of the molecule is c1ccc(N(c2cccc(-c3ccccn3)c2)c2cc(P(c3ccccc3)c3ccccc3)cc(N(c3ccccc3)c3cccc(-c4ccccn4)c3)n2)cc1. The topological polar surface area (TPSA) is 45.2 Å². The summed E-state index contributed by atoms with van der Waals surface area (Å²) >= 11 is 0. The summed E-state index contributed by atoms with van der Waals surface area (Å²) in [5, 5.41) is 3.69. The Balaban J connectivity index is 1.32. The maximum atomic E-state index is 5.65. The van der Waals surface area contributed by atoms with E-state index in [-0.39, 0.29) is 0 Å². The Kier molecular flexibility index (Phi) is 10.4. The van der Waals surface area contributed by atoms with Crippen molar-refractivity contribution in [2.75, 3.05) is 9.80 Å². The Morgan fingerprint density at radius 1 is 0.316 bits per heavy atom. The average molecular weight is 752 g/mol. The molecule has 6 heteroatoms. The molecule has 0 saturated heterocycles. The summed E-state index contributed by atoms with van der Waals surface area (Å²) in [7, 11) is -1.00. The highest BCUT2D eigenvalue weighted by atomic mass is 31.1. The van der Waals surface area contributed by atoms with Crippen molar-refractivity contribution in [3.63, 3.8) is 0 Å². The van der Waals surface area contributed by atoms with Crippen LogP contribution in [0.1, 0.15) is 0 Å². The number of nitrogens with zero attached hydrogens (tertiary/aromatic N) is 5. The van der Waals surface area contributed by atoms with Crippen molar-refractivity contribution in [3.05, 3.63) is 231 Å². The van der Waals surface area contributed by atoms with Gasteiger partial charge in [0.1, 0.15) is 11.6 Å². The highest BCUT2D eigenvalue weighted by molar-refractivity contribution is 7.79. The highest BCUT2D eigenvalue weighted by Gasteiger charge is 2.25. The van der Waals surface area contributed by atoms with Crippen LogP contribution in [-0.4, -0.2) is 15.0 Å². The molecule has 6 aromatic carbocycles. The number of benzene rings is 6. The number of pyridine rings is 3. The molecule has 0 radical (unpaired) electrons. The summed E-state index contributed by atoms with van der Waals surface area (Å²) in [6, 6.07) is 76.4. The van der Waals surface area contributed by atoms with Crippen LogP contribution in [0.25, 0.3) is 22.5 Å². The minimum absolute atomic E-state index is 0.799. The Morgan fingerprint density at radius 2 is 0.702 bits per heavy atom. The number of aromatic nitrogens is 3. The Morgan fingerprint density at radius 3 is 1.11 bits per heavy atom. The number of anilines is 6. The van der Waals surface area contributed by atoms with Crippen molar-refractivity contribution in [2.45, 2.75) is 0 Å². The Labute approximate surface area is 335 Å². The van der Waals surface area contributed by atoms with E-state index in [0.29, 0.717) is 0 Å². The van der Waals surface area contributed by atoms with Crippen molar-refractivity contribution in [3.8, 4) is 22.5 Å². The molecule has 0 atom stereocenters. The molecule has 9 aromatic rings. The van der Waals surface area contributed by atoms with Gasteiger partial charge in [0.05, 0.1) is 11.4 Å². The number of hydrogen-bond donors (Lipinski definition) is 0. The van der Waals surface area contributed by atoms with E-state index in [1.54, 1.807) is 0 Å². The summed E-state index contributed by atoms with van der Waals surface area (Å²) in [6.07, 6.45) is 3.68. The lowest BCUT2D eigenvalue weighted by Gasteiger charge is -2.30. The molecule has 272 valence electrons. The van der Waals surface area contributed by atoms with E-state index in [1.165, 1.54) is 15.9 Å². The van der Waals surface area contributed by atoms with Crippen LogP contribution in [0.15, 0.2) is 231 Å². The number of rotatable bonds is 11. The lowest BCUT2D eigenvalue weighted by Crippen LogP contribution is -2.24. The first kappa shape index (κ1) is 35.5. The first-order valence-electron chi connectivity index (χ1n) is 18.9. The highest BCUT2D eigenvalue weighted by Crippen LogP contribution is 2.42. The summed E-state index contributed by atoms with van der Waals surface area (Å²) in [5.74, 6) is 1.60. The van der Waals surface area contributed by atoms with Crippen molar-refractivity contribution < 1.29 is 0 Å². The summed E-state index contributed by atoms with van der Waals surface area (Å²) < 4.78 is 0. The van der Waals surface area contributed by atoms with Gasteiger partial charge in [0, 0.05) is 46.3 Å². The lowest BCUT2D eigenvalue weighted by molar-refractivity contribution is 1.14. The molecule has 0 N–H and O–H groups in total. The molecule has 0 aliphatic heterocycles.